The molecule has 37 heavy (non-hydrogen) atoms. The van der Waals surface area contributed by atoms with Crippen molar-refractivity contribution < 1.29 is 27.8 Å². The first-order valence-corrected chi connectivity index (χ1v) is 12.1. The molecule has 0 fully saturated rings. The Kier molecular flexibility index (Phi) is 6.42. The van der Waals surface area contributed by atoms with Gasteiger partial charge in [0.15, 0.2) is 0 Å². The van der Waals surface area contributed by atoms with Crippen molar-refractivity contribution in [1.29, 1.82) is 0 Å². The number of halogens is 3. The lowest BCUT2D eigenvalue weighted by Crippen LogP contribution is -2.23. The van der Waals surface area contributed by atoms with E-state index in [1.807, 2.05) is 31.2 Å². The molecule has 1 aromatic carbocycles. The lowest BCUT2D eigenvalue weighted by Gasteiger charge is -2.21. The molecule has 3 aromatic heterocycles. The highest BCUT2D eigenvalue weighted by molar-refractivity contribution is 7.15. The van der Waals surface area contributed by atoms with E-state index in [9.17, 15) is 23.1 Å². The third-order valence-corrected chi connectivity index (χ3v) is 7.29. The molecule has 0 radical (unpaired) electrons. The van der Waals surface area contributed by atoms with E-state index in [4.69, 9.17) is 4.74 Å². The number of rotatable bonds is 7. The number of aliphatic hydroxyl groups is 1. The predicted molar refractivity (Wildman–Crippen MR) is 131 cm³/mol. The maximum atomic E-state index is 13.1. The smallest absolute Gasteiger partial charge is 0.416 e. The Morgan fingerprint density at radius 3 is 2.78 bits per heavy atom. The molecule has 4 aromatic rings. The summed E-state index contributed by atoms with van der Waals surface area (Å²) in [6, 6.07) is 11.0. The van der Waals surface area contributed by atoms with Crippen LogP contribution in [0.5, 0.6) is 0 Å². The average molecular weight is 527 g/mol. The van der Waals surface area contributed by atoms with Crippen LogP contribution < -0.4 is 5.32 Å². The molecule has 0 saturated carbocycles. The third-order valence-electron chi connectivity index (χ3n) is 6.12. The van der Waals surface area contributed by atoms with Gasteiger partial charge in [0, 0.05) is 12.4 Å². The lowest BCUT2D eigenvalue weighted by atomic mass is 9.95. The van der Waals surface area contributed by atoms with Gasteiger partial charge in [-0.1, -0.05) is 12.1 Å². The maximum Gasteiger partial charge on any atom is 0.416 e. The summed E-state index contributed by atoms with van der Waals surface area (Å²) >= 11 is 1.30. The molecule has 1 aliphatic carbocycles. The first kappa shape index (κ1) is 24.8. The van der Waals surface area contributed by atoms with Crippen molar-refractivity contribution in [3.05, 3.63) is 87.7 Å². The number of fused-ring (bicyclic) bond motifs is 1. The largest absolute Gasteiger partial charge is 0.463 e. The summed E-state index contributed by atoms with van der Waals surface area (Å²) < 4.78 is 44.1. The van der Waals surface area contributed by atoms with Crippen LogP contribution in [-0.2, 0) is 34.3 Å². The minimum absolute atomic E-state index is 0.0232. The van der Waals surface area contributed by atoms with Gasteiger partial charge in [-0.05, 0) is 72.4 Å². The first-order valence-electron chi connectivity index (χ1n) is 11.3. The summed E-state index contributed by atoms with van der Waals surface area (Å²) in [5.41, 5.74) is 1.80. The van der Waals surface area contributed by atoms with E-state index in [-0.39, 0.29) is 12.4 Å². The van der Waals surface area contributed by atoms with E-state index in [0.717, 1.165) is 40.6 Å². The molecule has 0 bridgehead atoms. The Morgan fingerprint density at radius 2 is 2.00 bits per heavy atom. The molecule has 5 rings (SSSR count). The van der Waals surface area contributed by atoms with E-state index < -0.39 is 17.3 Å². The number of anilines is 2. The fourth-order valence-electron chi connectivity index (χ4n) is 4.37. The zero-order valence-electron chi connectivity index (χ0n) is 19.5. The minimum Gasteiger partial charge on any atom is -0.463 e. The van der Waals surface area contributed by atoms with Crippen LogP contribution >= 0.6 is 11.3 Å². The van der Waals surface area contributed by atoms with Crippen LogP contribution in [0.3, 0.4) is 0 Å². The second-order valence-corrected chi connectivity index (χ2v) is 9.79. The maximum absolute atomic E-state index is 13.1. The number of carbonyl (C=O) groups excluding carboxylic acids is 1. The molecule has 1 atom stereocenters. The molecule has 190 valence electrons. The van der Waals surface area contributed by atoms with Crippen LogP contribution in [0.1, 0.15) is 39.2 Å². The zero-order chi connectivity index (χ0) is 26.2. The van der Waals surface area contributed by atoms with Gasteiger partial charge in [-0.2, -0.15) is 13.2 Å². The standard InChI is InChI=1S/C26H21F3N4O3S/c1-15-8-20(32-23(9-15)33-22-11-18(5-7-30-22)26(27,28)29)21-12-31-24(37-21)25(35)6-4-17-3-2-16(10-19(17)25)13-36-14-34/h2-3,5,7-12,14,35H,4,6,13H2,1H3,(H,30,32,33). The highest BCUT2D eigenvalue weighted by atomic mass is 32.1. The van der Waals surface area contributed by atoms with Crippen LogP contribution in [0, 0.1) is 6.92 Å². The fourth-order valence-corrected chi connectivity index (χ4v) is 5.38. The normalized spacial score (nSPS) is 16.9. The summed E-state index contributed by atoms with van der Waals surface area (Å²) in [7, 11) is 0. The zero-order valence-corrected chi connectivity index (χ0v) is 20.4. The summed E-state index contributed by atoms with van der Waals surface area (Å²) in [5, 5.41) is 15.0. The van der Waals surface area contributed by atoms with Crippen molar-refractivity contribution in [2.75, 3.05) is 5.32 Å². The number of aromatic nitrogens is 3. The Balaban J connectivity index is 1.43. The molecule has 2 N–H and O–H groups in total. The molecule has 3 heterocycles. The van der Waals surface area contributed by atoms with Gasteiger partial charge in [-0.15, -0.1) is 11.3 Å². The Hall–Kier alpha value is -3.83. The Morgan fingerprint density at radius 1 is 1.16 bits per heavy atom. The third kappa shape index (κ3) is 5.05. The number of pyridine rings is 2. The second kappa shape index (κ2) is 9.56. The van der Waals surface area contributed by atoms with E-state index in [2.05, 4.69) is 20.3 Å². The molecule has 11 heteroatoms. The lowest BCUT2D eigenvalue weighted by molar-refractivity contribution is -0.137. The van der Waals surface area contributed by atoms with Crippen molar-refractivity contribution >= 4 is 29.4 Å². The molecule has 7 nitrogen and oxygen atoms in total. The van der Waals surface area contributed by atoms with Crippen molar-refractivity contribution in [1.82, 2.24) is 15.0 Å². The molecule has 0 amide bonds. The van der Waals surface area contributed by atoms with Gasteiger partial charge in [0.05, 0.1) is 16.1 Å². The topological polar surface area (TPSA) is 97.2 Å². The fraction of sp³-hybridized carbons (Fsp3) is 0.231. The SMILES string of the molecule is Cc1cc(Nc2cc(C(F)(F)F)ccn2)nc(-c2cnc(C3(O)CCc4ccc(COC=O)cc43)s2)c1. The first-order chi connectivity index (χ1) is 17.7. The number of ether oxygens (including phenoxy) is 1. The van der Waals surface area contributed by atoms with E-state index in [1.165, 1.54) is 11.3 Å². The predicted octanol–water partition coefficient (Wildman–Crippen LogP) is 5.53. The average Bonchev–Trinajstić information content (AvgIpc) is 3.48. The minimum atomic E-state index is -4.48. The monoisotopic (exact) mass is 526 g/mol. The van der Waals surface area contributed by atoms with E-state index >= 15 is 0 Å². The van der Waals surface area contributed by atoms with Crippen LogP contribution in [0.15, 0.2) is 54.9 Å². The highest BCUT2D eigenvalue weighted by Crippen LogP contribution is 2.45. The molecular formula is C26H21F3N4O3S. The van der Waals surface area contributed by atoms with Gasteiger partial charge < -0.3 is 15.2 Å². The van der Waals surface area contributed by atoms with Crippen molar-refractivity contribution in [3.63, 3.8) is 0 Å². The van der Waals surface area contributed by atoms with Gasteiger partial charge in [0.2, 0.25) is 0 Å². The van der Waals surface area contributed by atoms with Gasteiger partial charge >= 0.3 is 6.18 Å². The number of nitrogens with one attached hydrogen (secondary N) is 1. The van der Waals surface area contributed by atoms with Crippen LogP contribution in [0.4, 0.5) is 24.8 Å². The van der Waals surface area contributed by atoms with Crippen molar-refractivity contribution in [2.45, 2.75) is 38.1 Å². The van der Waals surface area contributed by atoms with E-state index in [0.29, 0.717) is 40.7 Å². The number of hydrogen-bond donors (Lipinski definition) is 2. The molecule has 0 spiro atoms. The van der Waals surface area contributed by atoms with Gasteiger partial charge in [0.25, 0.3) is 6.47 Å². The molecule has 0 aliphatic heterocycles. The number of aryl methyl sites for hydroxylation is 2. The van der Waals surface area contributed by atoms with Crippen LogP contribution in [-0.4, -0.2) is 26.5 Å². The Labute approximate surface area is 214 Å². The van der Waals surface area contributed by atoms with Crippen LogP contribution in [0.25, 0.3) is 10.6 Å². The molecule has 0 saturated heterocycles. The van der Waals surface area contributed by atoms with E-state index in [1.54, 1.807) is 12.3 Å². The molecular weight excluding hydrogens is 505 g/mol. The molecule has 1 aliphatic rings. The quantitative estimate of drug-likeness (QED) is 0.306. The summed E-state index contributed by atoms with van der Waals surface area (Å²) in [6.45, 7) is 2.34. The number of thiazole rings is 1. The summed E-state index contributed by atoms with van der Waals surface area (Å²) in [6.07, 6.45) is -0.624. The number of nitrogens with zero attached hydrogens (tertiary/aromatic N) is 3. The van der Waals surface area contributed by atoms with Crippen molar-refractivity contribution in [3.8, 4) is 10.6 Å². The van der Waals surface area contributed by atoms with Gasteiger partial charge in [0.1, 0.15) is 28.9 Å². The van der Waals surface area contributed by atoms with Crippen LogP contribution in [0.2, 0.25) is 0 Å². The second-order valence-electron chi connectivity index (χ2n) is 8.76. The summed E-state index contributed by atoms with van der Waals surface area (Å²) in [5.74, 6) is 0.358. The summed E-state index contributed by atoms with van der Waals surface area (Å²) in [4.78, 5) is 24.3. The number of carbonyl (C=O) groups is 1. The molecule has 1 unspecified atom stereocenters. The van der Waals surface area contributed by atoms with Crippen molar-refractivity contribution in [2.24, 2.45) is 0 Å². The number of benzene rings is 1. The number of hydrogen-bond acceptors (Lipinski definition) is 8. The number of alkyl halides is 3. The van der Waals surface area contributed by atoms with Gasteiger partial charge in [-0.25, -0.2) is 15.0 Å². The Bertz CT molecular complexity index is 1470. The highest BCUT2D eigenvalue weighted by Gasteiger charge is 2.41. The van der Waals surface area contributed by atoms with Gasteiger partial charge in [-0.3, -0.25) is 4.79 Å².